The first kappa shape index (κ1) is 15.9. The topological polar surface area (TPSA) is 96.5 Å². The number of nitrogens with zero attached hydrogens (tertiary/aromatic N) is 3. The molecule has 8 heteroatoms. The Morgan fingerprint density at radius 1 is 1.29 bits per heavy atom. The second-order valence-electron chi connectivity index (χ2n) is 4.98. The highest BCUT2D eigenvalue weighted by molar-refractivity contribution is 7.14. The van der Waals surface area contributed by atoms with Crippen LogP contribution in [0, 0.1) is 0 Å². The van der Waals surface area contributed by atoms with Gasteiger partial charge < -0.3 is 9.52 Å². The lowest BCUT2D eigenvalue weighted by Crippen LogP contribution is -2.22. The third kappa shape index (κ3) is 3.04. The van der Waals surface area contributed by atoms with Crippen molar-refractivity contribution in [1.29, 1.82) is 0 Å². The quantitative estimate of drug-likeness (QED) is 0.782. The van der Waals surface area contributed by atoms with Gasteiger partial charge in [0.1, 0.15) is 5.52 Å². The highest BCUT2D eigenvalue weighted by Crippen LogP contribution is 2.23. The molecule has 7 nitrogen and oxygen atoms in total. The summed E-state index contributed by atoms with van der Waals surface area (Å²) in [5.74, 6) is -0.867. The molecule has 3 aromatic rings. The minimum Gasteiger partial charge on any atom is -0.478 e. The summed E-state index contributed by atoms with van der Waals surface area (Å²) in [6, 6.07) is 4.74. The Balaban J connectivity index is 1.87. The Morgan fingerprint density at radius 2 is 2.08 bits per heavy atom. The molecule has 2 heterocycles. The van der Waals surface area contributed by atoms with E-state index in [0.717, 1.165) is 0 Å². The fraction of sp³-hybridized carbons (Fsp3) is 0.125. The van der Waals surface area contributed by atoms with E-state index in [2.05, 4.69) is 9.97 Å². The first-order chi connectivity index (χ1) is 11.5. The number of carbonyl (C=O) groups is 2. The van der Waals surface area contributed by atoms with Crippen LogP contribution in [0.25, 0.3) is 23.3 Å². The van der Waals surface area contributed by atoms with Gasteiger partial charge in [-0.1, -0.05) is 6.07 Å². The smallest absolute Gasteiger partial charge is 0.338 e. The Bertz CT molecular complexity index is 957. The van der Waals surface area contributed by atoms with Gasteiger partial charge in [0.2, 0.25) is 11.8 Å². The molecule has 0 atom stereocenters. The third-order valence-electron chi connectivity index (χ3n) is 3.33. The number of benzene rings is 1. The van der Waals surface area contributed by atoms with Crippen molar-refractivity contribution in [2.45, 2.75) is 6.92 Å². The van der Waals surface area contributed by atoms with E-state index < -0.39 is 5.97 Å². The van der Waals surface area contributed by atoms with Crippen molar-refractivity contribution in [1.82, 2.24) is 9.97 Å². The van der Waals surface area contributed by atoms with E-state index >= 15 is 0 Å². The molecule has 0 aliphatic carbocycles. The second-order valence-corrected chi connectivity index (χ2v) is 5.81. The molecule has 0 unspecified atom stereocenters. The van der Waals surface area contributed by atoms with Gasteiger partial charge in [0, 0.05) is 25.4 Å². The summed E-state index contributed by atoms with van der Waals surface area (Å²) in [6.07, 6.45) is 3.30. The molecule has 3 rings (SSSR count). The summed E-state index contributed by atoms with van der Waals surface area (Å²) in [5, 5.41) is 11.6. The van der Waals surface area contributed by atoms with E-state index in [9.17, 15) is 9.59 Å². The van der Waals surface area contributed by atoms with Crippen LogP contribution in [-0.4, -0.2) is 34.0 Å². The number of amides is 1. The number of carboxylic acid groups (broad SMARTS) is 1. The molecule has 1 aromatic carbocycles. The molecule has 0 bridgehead atoms. The molecule has 122 valence electrons. The van der Waals surface area contributed by atoms with Crippen LogP contribution >= 0.6 is 11.3 Å². The standard InChI is InChI=1S/C16H13N3O4S/c1-9(20)19(2)16-17-10(8-24-16)6-7-13-18-14-11(15(21)22)4-3-5-12(14)23-13/h3-8H,1-2H3,(H,21,22)/b7-6+. The Labute approximate surface area is 140 Å². The van der Waals surface area contributed by atoms with Gasteiger partial charge in [-0.3, -0.25) is 9.69 Å². The summed E-state index contributed by atoms with van der Waals surface area (Å²) in [6.45, 7) is 1.47. The Hall–Kier alpha value is -3.00. The zero-order valence-electron chi connectivity index (χ0n) is 12.9. The van der Waals surface area contributed by atoms with Crippen LogP contribution in [0.15, 0.2) is 28.0 Å². The molecule has 0 saturated heterocycles. The predicted octanol–water partition coefficient (Wildman–Crippen LogP) is 3.14. The average Bonchev–Trinajstić information content (AvgIpc) is 3.17. The van der Waals surface area contributed by atoms with Crippen LogP contribution in [0.5, 0.6) is 0 Å². The van der Waals surface area contributed by atoms with Gasteiger partial charge in [-0.25, -0.2) is 14.8 Å². The van der Waals surface area contributed by atoms with Crippen LogP contribution < -0.4 is 4.90 Å². The molecule has 2 aromatic heterocycles. The van der Waals surface area contributed by atoms with Crippen LogP contribution in [0.4, 0.5) is 5.13 Å². The average molecular weight is 343 g/mol. The highest BCUT2D eigenvalue weighted by Gasteiger charge is 2.13. The van der Waals surface area contributed by atoms with Crippen LogP contribution in [0.3, 0.4) is 0 Å². The summed E-state index contributed by atoms with van der Waals surface area (Å²) < 4.78 is 5.52. The lowest BCUT2D eigenvalue weighted by atomic mass is 10.2. The first-order valence-electron chi connectivity index (χ1n) is 6.96. The highest BCUT2D eigenvalue weighted by atomic mass is 32.1. The van der Waals surface area contributed by atoms with E-state index in [1.165, 1.54) is 29.2 Å². The Kier molecular flexibility index (Phi) is 4.13. The summed E-state index contributed by atoms with van der Waals surface area (Å²) in [4.78, 5) is 32.5. The number of oxazole rings is 1. The number of para-hydroxylation sites is 1. The zero-order valence-corrected chi connectivity index (χ0v) is 13.7. The summed E-state index contributed by atoms with van der Waals surface area (Å²) in [7, 11) is 1.66. The number of anilines is 1. The van der Waals surface area contributed by atoms with Crippen LogP contribution in [0.2, 0.25) is 0 Å². The maximum Gasteiger partial charge on any atom is 0.338 e. The van der Waals surface area contributed by atoms with Crippen molar-refractivity contribution in [3.63, 3.8) is 0 Å². The first-order valence-corrected chi connectivity index (χ1v) is 7.84. The van der Waals surface area contributed by atoms with E-state index in [0.29, 0.717) is 21.9 Å². The van der Waals surface area contributed by atoms with Crippen molar-refractivity contribution in [3.8, 4) is 0 Å². The normalized spacial score (nSPS) is 11.2. The minimum absolute atomic E-state index is 0.0925. The number of hydrogen-bond acceptors (Lipinski definition) is 6. The van der Waals surface area contributed by atoms with Gasteiger partial charge in [-0.2, -0.15) is 0 Å². The van der Waals surface area contributed by atoms with Gasteiger partial charge in [0.15, 0.2) is 10.7 Å². The molecule has 1 amide bonds. The van der Waals surface area contributed by atoms with Crippen molar-refractivity contribution in [2.75, 3.05) is 11.9 Å². The van der Waals surface area contributed by atoms with Gasteiger partial charge in [0.25, 0.3) is 0 Å². The molecule has 24 heavy (non-hydrogen) atoms. The molecule has 0 aliphatic rings. The minimum atomic E-state index is -1.05. The molecular weight excluding hydrogens is 330 g/mol. The number of rotatable bonds is 4. The number of carbonyl (C=O) groups excluding carboxylic acids is 1. The summed E-state index contributed by atoms with van der Waals surface area (Å²) >= 11 is 1.35. The van der Waals surface area contributed by atoms with Crippen molar-refractivity contribution < 1.29 is 19.1 Å². The number of thiazole rings is 1. The van der Waals surface area contributed by atoms with Gasteiger partial charge in [-0.05, 0) is 18.2 Å². The lowest BCUT2D eigenvalue weighted by molar-refractivity contribution is -0.116. The predicted molar refractivity (Wildman–Crippen MR) is 91.1 cm³/mol. The van der Waals surface area contributed by atoms with Gasteiger partial charge in [0.05, 0.1) is 11.3 Å². The molecule has 1 N–H and O–H groups in total. The maximum atomic E-state index is 11.3. The number of carboxylic acids is 1. The lowest BCUT2D eigenvalue weighted by Gasteiger charge is -2.09. The van der Waals surface area contributed by atoms with E-state index in [4.69, 9.17) is 9.52 Å². The zero-order chi connectivity index (χ0) is 17.3. The van der Waals surface area contributed by atoms with Crippen LogP contribution in [-0.2, 0) is 4.79 Å². The molecule has 0 saturated carbocycles. The Morgan fingerprint density at radius 3 is 2.79 bits per heavy atom. The SMILES string of the molecule is CC(=O)N(C)c1nc(/C=C/c2nc3c(C(=O)O)cccc3o2)cs1. The fourth-order valence-electron chi connectivity index (χ4n) is 2.01. The maximum absolute atomic E-state index is 11.3. The number of aromatic carboxylic acids is 1. The van der Waals surface area contributed by atoms with Crippen molar-refractivity contribution >= 4 is 51.6 Å². The van der Waals surface area contributed by atoms with Gasteiger partial charge in [-0.15, -0.1) is 11.3 Å². The van der Waals surface area contributed by atoms with E-state index in [1.54, 1.807) is 36.7 Å². The molecule has 0 fully saturated rings. The van der Waals surface area contributed by atoms with Crippen LogP contribution in [0.1, 0.15) is 28.9 Å². The molecule has 0 aliphatic heterocycles. The van der Waals surface area contributed by atoms with Gasteiger partial charge >= 0.3 is 5.97 Å². The molecule has 0 spiro atoms. The van der Waals surface area contributed by atoms with E-state index in [-0.39, 0.29) is 17.4 Å². The van der Waals surface area contributed by atoms with Crippen molar-refractivity contribution in [2.24, 2.45) is 0 Å². The number of hydrogen-bond donors (Lipinski definition) is 1. The number of aromatic nitrogens is 2. The monoisotopic (exact) mass is 343 g/mol. The summed E-state index contributed by atoms with van der Waals surface area (Å²) in [5.41, 5.74) is 1.46. The molecule has 0 radical (unpaired) electrons. The van der Waals surface area contributed by atoms with Crippen molar-refractivity contribution in [3.05, 3.63) is 40.7 Å². The third-order valence-corrected chi connectivity index (χ3v) is 4.27. The fourth-order valence-corrected chi connectivity index (χ4v) is 2.81. The second kappa shape index (κ2) is 6.25. The number of fused-ring (bicyclic) bond motifs is 1. The largest absolute Gasteiger partial charge is 0.478 e. The molecular formula is C16H13N3O4S. The van der Waals surface area contributed by atoms with E-state index in [1.807, 2.05) is 0 Å².